The molecule has 2 rings (SSSR count). The van der Waals surface area contributed by atoms with Crippen LogP contribution >= 0.6 is 27.3 Å². The quantitative estimate of drug-likeness (QED) is 0.646. The fourth-order valence-corrected chi connectivity index (χ4v) is 3.33. The molecule has 1 heterocycles. The van der Waals surface area contributed by atoms with Crippen molar-refractivity contribution in [2.45, 2.75) is 12.2 Å². The Balaban J connectivity index is 2.50. The van der Waals surface area contributed by atoms with Gasteiger partial charge in [0, 0.05) is 14.7 Å². The first-order valence-corrected chi connectivity index (χ1v) is 6.97. The second-order valence-electron chi connectivity index (χ2n) is 3.85. The lowest BCUT2D eigenvalue weighted by Gasteiger charge is -2.20. The van der Waals surface area contributed by atoms with Gasteiger partial charge in [0.2, 0.25) is 0 Å². The van der Waals surface area contributed by atoms with Gasteiger partial charge in [0.1, 0.15) is 0 Å². The van der Waals surface area contributed by atoms with Crippen molar-refractivity contribution in [2.75, 3.05) is 0 Å². The number of hydrogen-bond acceptors (Lipinski definition) is 3. The SMILES string of the molecule is NNC(c1cc(Br)cs1)c1ccccc1C(F)(F)F. The van der Waals surface area contributed by atoms with Crippen LogP contribution in [-0.4, -0.2) is 0 Å². The minimum atomic E-state index is -4.40. The molecule has 3 N–H and O–H groups in total. The molecule has 0 amide bonds. The normalized spacial score (nSPS) is 13.5. The van der Waals surface area contributed by atoms with E-state index in [0.717, 1.165) is 10.5 Å². The second-order valence-corrected chi connectivity index (χ2v) is 5.71. The van der Waals surface area contributed by atoms with Gasteiger partial charge >= 0.3 is 6.18 Å². The molecule has 0 spiro atoms. The topological polar surface area (TPSA) is 38.0 Å². The number of thiophene rings is 1. The maximum Gasteiger partial charge on any atom is 0.416 e. The van der Waals surface area contributed by atoms with Crippen molar-refractivity contribution in [2.24, 2.45) is 5.84 Å². The highest BCUT2D eigenvalue weighted by Gasteiger charge is 2.35. The summed E-state index contributed by atoms with van der Waals surface area (Å²) < 4.78 is 39.8. The van der Waals surface area contributed by atoms with Gasteiger partial charge in [-0.1, -0.05) is 18.2 Å². The van der Waals surface area contributed by atoms with E-state index in [-0.39, 0.29) is 5.56 Å². The molecule has 102 valence electrons. The van der Waals surface area contributed by atoms with Crippen molar-refractivity contribution in [3.8, 4) is 0 Å². The minimum Gasteiger partial charge on any atom is -0.271 e. The van der Waals surface area contributed by atoms with Crippen LogP contribution in [0.1, 0.15) is 22.0 Å². The molecule has 1 aromatic heterocycles. The fourth-order valence-electron chi connectivity index (χ4n) is 1.81. The third-order valence-electron chi connectivity index (χ3n) is 2.62. The molecule has 0 aliphatic rings. The molecule has 2 aromatic rings. The van der Waals surface area contributed by atoms with Crippen LogP contribution in [0.4, 0.5) is 13.2 Å². The predicted molar refractivity (Wildman–Crippen MR) is 72.6 cm³/mol. The Morgan fingerprint density at radius 3 is 2.47 bits per heavy atom. The second kappa shape index (κ2) is 5.62. The smallest absolute Gasteiger partial charge is 0.271 e. The van der Waals surface area contributed by atoms with E-state index in [1.165, 1.54) is 23.5 Å². The third-order valence-corrected chi connectivity index (χ3v) is 4.37. The first-order valence-electron chi connectivity index (χ1n) is 5.29. The van der Waals surface area contributed by atoms with Gasteiger partial charge < -0.3 is 0 Å². The van der Waals surface area contributed by atoms with Crippen LogP contribution in [0, 0.1) is 0 Å². The molecule has 19 heavy (non-hydrogen) atoms. The Kier molecular flexibility index (Phi) is 4.29. The Morgan fingerprint density at radius 2 is 1.95 bits per heavy atom. The average molecular weight is 351 g/mol. The molecular weight excluding hydrogens is 341 g/mol. The summed E-state index contributed by atoms with van der Waals surface area (Å²) in [6.45, 7) is 0. The van der Waals surface area contributed by atoms with Crippen molar-refractivity contribution in [3.05, 3.63) is 56.2 Å². The van der Waals surface area contributed by atoms with Crippen LogP contribution in [0.5, 0.6) is 0 Å². The summed E-state index contributed by atoms with van der Waals surface area (Å²) in [5.74, 6) is 5.43. The number of nitrogens with one attached hydrogen (secondary N) is 1. The zero-order valence-electron chi connectivity index (χ0n) is 9.54. The van der Waals surface area contributed by atoms with Gasteiger partial charge in [-0.3, -0.25) is 5.84 Å². The summed E-state index contributed by atoms with van der Waals surface area (Å²) in [6.07, 6.45) is -4.40. The lowest BCUT2D eigenvalue weighted by molar-refractivity contribution is -0.138. The van der Waals surface area contributed by atoms with E-state index < -0.39 is 17.8 Å². The molecule has 0 aliphatic carbocycles. The predicted octanol–water partition coefficient (Wildman–Crippen LogP) is 4.08. The number of halogens is 4. The monoisotopic (exact) mass is 350 g/mol. The van der Waals surface area contributed by atoms with E-state index >= 15 is 0 Å². The molecule has 1 atom stereocenters. The van der Waals surface area contributed by atoms with Crippen molar-refractivity contribution >= 4 is 27.3 Å². The highest BCUT2D eigenvalue weighted by molar-refractivity contribution is 9.10. The largest absolute Gasteiger partial charge is 0.416 e. The van der Waals surface area contributed by atoms with E-state index in [0.29, 0.717) is 4.88 Å². The maximum atomic E-state index is 13.0. The fraction of sp³-hybridized carbons (Fsp3) is 0.167. The van der Waals surface area contributed by atoms with Gasteiger partial charge in [0.05, 0.1) is 11.6 Å². The summed E-state index contributed by atoms with van der Waals surface area (Å²) in [5.41, 5.74) is 1.89. The van der Waals surface area contributed by atoms with E-state index in [9.17, 15) is 13.2 Å². The highest BCUT2D eigenvalue weighted by atomic mass is 79.9. The zero-order chi connectivity index (χ0) is 14.0. The van der Waals surface area contributed by atoms with Gasteiger partial charge in [0.25, 0.3) is 0 Å². The summed E-state index contributed by atoms with van der Waals surface area (Å²) >= 11 is 4.62. The summed E-state index contributed by atoms with van der Waals surface area (Å²) in [5, 5.41) is 1.80. The summed E-state index contributed by atoms with van der Waals surface area (Å²) in [6, 6.07) is 6.49. The van der Waals surface area contributed by atoms with Crippen LogP contribution in [0.25, 0.3) is 0 Å². The first-order chi connectivity index (χ1) is 8.93. The number of hydrazine groups is 1. The maximum absolute atomic E-state index is 13.0. The summed E-state index contributed by atoms with van der Waals surface area (Å²) in [4.78, 5) is 0.714. The molecule has 0 aliphatic heterocycles. The Morgan fingerprint density at radius 1 is 1.26 bits per heavy atom. The Bertz CT molecular complexity index is 568. The van der Waals surface area contributed by atoms with Gasteiger partial charge in [-0.05, 0) is 33.6 Å². The first kappa shape index (κ1) is 14.5. The van der Waals surface area contributed by atoms with Crippen molar-refractivity contribution < 1.29 is 13.2 Å². The zero-order valence-corrected chi connectivity index (χ0v) is 11.9. The van der Waals surface area contributed by atoms with Gasteiger partial charge in [-0.15, -0.1) is 11.3 Å². The summed E-state index contributed by atoms with van der Waals surface area (Å²) in [7, 11) is 0. The molecule has 0 saturated heterocycles. The molecule has 0 saturated carbocycles. The van der Waals surface area contributed by atoms with Crippen molar-refractivity contribution in [3.63, 3.8) is 0 Å². The lowest BCUT2D eigenvalue weighted by atomic mass is 9.99. The van der Waals surface area contributed by atoms with Crippen LogP contribution < -0.4 is 11.3 Å². The van der Waals surface area contributed by atoms with Gasteiger partial charge in [-0.2, -0.15) is 13.2 Å². The van der Waals surface area contributed by atoms with E-state index in [4.69, 9.17) is 5.84 Å². The van der Waals surface area contributed by atoms with Crippen LogP contribution in [0.15, 0.2) is 40.2 Å². The number of nitrogens with two attached hydrogens (primary N) is 1. The highest BCUT2D eigenvalue weighted by Crippen LogP contribution is 2.38. The molecule has 2 nitrogen and oxygen atoms in total. The molecule has 0 radical (unpaired) electrons. The molecular formula is C12H10BrF3N2S. The lowest BCUT2D eigenvalue weighted by Crippen LogP contribution is -2.30. The third kappa shape index (κ3) is 3.17. The van der Waals surface area contributed by atoms with Crippen molar-refractivity contribution in [1.29, 1.82) is 0 Å². The number of alkyl halides is 3. The van der Waals surface area contributed by atoms with E-state index in [1.807, 2.05) is 0 Å². The molecule has 0 bridgehead atoms. The van der Waals surface area contributed by atoms with Crippen molar-refractivity contribution in [1.82, 2.24) is 5.43 Å². The Hall–Kier alpha value is -0.890. The van der Waals surface area contributed by atoms with Gasteiger partial charge in [-0.25, -0.2) is 5.43 Å². The van der Waals surface area contributed by atoms with E-state index in [1.54, 1.807) is 17.5 Å². The standard InChI is InChI=1S/C12H10BrF3N2S/c13-7-5-10(19-6-7)11(18-17)8-3-1-2-4-9(8)12(14,15)16/h1-6,11,18H,17H2. The average Bonchev–Trinajstić information content (AvgIpc) is 2.76. The van der Waals surface area contributed by atoms with E-state index in [2.05, 4.69) is 21.4 Å². The van der Waals surface area contributed by atoms with Gasteiger partial charge in [0.15, 0.2) is 0 Å². The molecule has 0 fully saturated rings. The molecule has 7 heteroatoms. The number of benzene rings is 1. The Labute approximate surface area is 120 Å². The molecule has 1 aromatic carbocycles. The minimum absolute atomic E-state index is 0.117. The van der Waals surface area contributed by atoms with Crippen LogP contribution in [0.3, 0.4) is 0 Å². The number of hydrogen-bond donors (Lipinski definition) is 2. The number of rotatable bonds is 3. The molecule has 1 unspecified atom stereocenters. The van der Waals surface area contributed by atoms with Crippen LogP contribution in [-0.2, 0) is 6.18 Å². The van der Waals surface area contributed by atoms with Crippen LogP contribution in [0.2, 0.25) is 0 Å².